The molecule has 0 spiro atoms. The number of imide groups is 1. The molecule has 3 aromatic carbocycles. The number of hydrogen-bond acceptors (Lipinski definition) is 11. The van der Waals surface area contributed by atoms with E-state index in [0.717, 1.165) is 6.07 Å². The number of amides is 5. The van der Waals surface area contributed by atoms with Crippen LogP contribution in [-0.2, 0) is 46.5 Å². The highest BCUT2D eigenvalue weighted by atomic mass is 19.1. The first-order valence-electron chi connectivity index (χ1n) is 16.6. The van der Waals surface area contributed by atoms with Crippen LogP contribution in [0, 0.1) is 5.82 Å². The van der Waals surface area contributed by atoms with Crippen molar-refractivity contribution in [3.05, 3.63) is 82.2 Å². The molecule has 52 heavy (non-hydrogen) atoms. The minimum atomic E-state index is -1.34. The first-order chi connectivity index (χ1) is 24.9. The van der Waals surface area contributed by atoms with Crippen molar-refractivity contribution < 1.29 is 57.4 Å². The SMILES string of the molecule is NC(=O)c1cc2c(c(-c3cc4c(cc3C(=O)N3CCC[C@H]3C(=O)N[C@@H](CC(=O)ON3C(=O)CCC3=O)c3cccc(F)c3)B(O)OC4)c1)COB2O. The summed E-state index contributed by atoms with van der Waals surface area (Å²) in [6, 6.07) is 8.97. The summed E-state index contributed by atoms with van der Waals surface area (Å²) in [6.45, 7) is 0.153. The number of hydrogen-bond donors (Lipinski definition) is 4. The quantitative estimate of drug-likeness (QED) is 0.164. The van der Waals surface area contributed by atoms with Gasteiger partial charge in [0.05, 0.1) is 25.7 Å². The molecular formula is C34H31B2FN4O11. The minimum Gasteiger partial charge on any atom is -0.423 e. The fourth-order valence-corrected chi connectivity index (χ4v) is 7.03. The number of primary amides is 1. The Hall–Kier alpha value is -5.42. The zero-order chi connectivity index (χ0) is 36.8. The Morgan fingerprint density at radius 1 is 0.981 bits per heavy atom. The van der Waals surface area contributed by atoms with Crippen LogP contribution < -0.4 is 22.0 Å². The van der Waals surface area contributed by atoms with Gasteiger partial charge in [-0.2, -0.15) is 0 Å². The summed E-state index contributed by atoms with van der Waals surface area (Å²) in [5, 5.41) is 24.1. The van der Waals surface area contributed by atoms with Crippen LogP contribution in [0.5, 0.6) is 0 Å². The number of rotatable bonds is 9. The summed E-state index contributed by atoms with van der Waals surface area (Å²) in [6.07, 6.45) is -0.153. The lowest BCUT2D eigenvalue weighted by atomic mass is 9.74. The number of nitrogens with zero attached hydrogens (tertiary/aromatic N) is 2. The highest BCUT2D eigenvalue weighted by molar-refractivity contribution is 6.62. The molecule has 0 bridgehead atoms. The number of nitrogens with one attached hydrogen (secondary N) is 1. The Balaban J connectivity index is 1.20. The number of carbonyl (C=O) groups is 6. The average molecular weight is 712 g/mol. The molecule has 0 aromatic heterocycles. The fourth-order valence-electron chi connectivity index (χ4n) is 7.03. The van der Waals surface area contributed by atoms with E-state index in [1.807, 2.05) is 0 Å². The lowest BCUT2D eigenvalue weighted by Crippen LogP contribution is -2.47. The summed E-state index contributed by atoms with van der Waals surface area (Å²) in [4.78, 5) is 84.1. The molecule has 4 aliphatic heterocycles. The van der Waals surface area contributed by atoms with Crippen molar-refractivity contribution in [1.29, 1.82) is 0 Å². The molecule has 0 unspecified atom stereocenters. The monoisotopic (exact) mass is 712 g/mol. The molecule has 2 fully saturated rings. The maximum Gasteiger partial charge on any atom is 0.491 e. The number of carbonyl (C=O) groups excluding carboxylic acids is 6. The van der Waals surface area contributed by atoms with Gasteiger partial charge < -0.3 is 40.1 Å². The summed E-state index contributed by atoms with van der Waals surface area (Å²) in [7, 11) is -2.66. The molecule has 5 amide bonds. The van der Waals surface area contributed by atoms with Crippen molar-refractivity contribution in [1.82, 2.24) is 15.3 Å². The Kier molecular flexibility index (Phi) is 9.39. The van der Waals surface area contributed by atoms with Crippen LogP contribution in [-0.4, -0.2) is 82.3 Å². The summed E-state index contributed by atoms with van der Waals surface area (Å²) >= 11 is 0. The third-order valence-electron chi connectivity index (χ3n) is 9.64. The van der Waals surface area contributed by atoms with Crippen molar-refractivity contribution >= 4 is 60.7 Å². The lowest BCUT2D eigenvalue weighted by Gasteiger charge is -2.28. The molecule has 7 rings (SSSR count). The van der Waals surface area contributed by atoms with Crippen molar-refractivity contribution in [2.45, 2.75) is 57.4 Å². The van der Waals surface area contributed by atoms with E-state index in [1.54, 1.807) is 6.07 Å². The largest absolute Gasteiger partial charge is 0.491 e. The van der Waals surface area contributed by atoms with E-state index in [9.17, 15) is 43.2 Å². The van der Waals surface area contributed by atoms with Gasteiger partial charge in [-0.1, -0.05) is 12.1 Å². The molecular weight excluding hydrogens is 681 g/mol. The van der Waals surface area contributed by atoms with E-state index in [1.165, 1.54) is 41.3 Å². The molecule has 5 N–H and O–H groups in total. The third-order valence-corrected chi connectivity index (χ3v) is 9.64. The Bertz CT molecular complexity index is 2030. The number of halogens is 1. The van der Waals surface area contributed by atoms with Gasteiger partial charge in [0, 0.05) is 30.5 Å². The topological polar surface area (TPSA) is 215 Å². The van der Waals surface area contributed by atoms with Gasteiger partial charge in [-0.15, -0.1) is 5.06 Å². The summed E-state index contributed by atoms with van der Waals surface area (Å²) in [5.74, 6) is -5.09. The molecule has 0 saturated carbocycles. The molecule has 0 aliphatic carbocycles. The molecule has 2 saturated heterocycles. The van der Waals surface area contributed by atoms with E-state index in [-0.39, 0.29) is 55.7 Å². The maximum absolute atomic E-state index is 14.5. The van der Waals surface area contributed by atoms with E-state index < -0.39 is 74.1 Å². The van der Waals surface area contributed by atoms with Crippen LogP contribution in [0.2, 0.25) is 0 Å². The second-order valence-corrected chi connectivity index (χ2v) is 12.9. The molecule has 4 aliphatic rings. The predicted molar refractivity (Wildman–Crippen MR) is 178 cm³/mol. The van der Waals surface area contributed by atoms with E-state index >= 15 is 0 Å². The van der Waals surface area contributed by atoms with Gasteiger partial charge >= 0.3 is 20.2 Å². The standard InChI is InChI=1S/C34H31B2FN4O11/c37-20-4-1-3-17(9-20)27(14-31(44)52-41-29(42)6-7-30(41)43)39-33(46)28-5-2-8-40(28)34(47)23-13-25-19(15-50-35(25)48)11-21(23)22-10-18(32(38)45)12-26-24(22)16-51-36(26)49/h1,3-4,9-13,27-28,48-49H,2,5-8,14-16H2,(H2,38,45)(H,39,46)/t27-,28-/m0/s1. The summed E-state index contributed by atoms with van der Waals surface area (Å²) in [5.41, 5.74) is 8.40. The highest BCUT2D eigenvalue weighted by Gasteiger charge is 2.40. The highest BCUT2D eigenvalue weighted by Crippen LogP contribution is 2.34. The number of fused-ring (bicyclic) bond motifs is 2. The molecule has 18 heteroatoms. The normalized spacial score (nSPS) is 18.5. The zero-order valence-electron chi connectivity index (χ0n) is 27.5. The van der Waals surface area contributed by atoms with E-state index in [4.69, 9.17) is 19.9 Å². The molecule has 0 radical (unpaired) electrons. The number of nitrogens with two attached hydrogens (primary N) is 1. The Morgan fingerprint density at radius 3 is 2.44 bits per heavy atom. The number of hydroxylamine groups is 2. The molecule has 2 atom stereocenters. The van der Waals surface area contributed by atoms with Crippen molar-refractivity contribution in [2.75, 3.05) is 6.54 Å². The Morgan fingerprint density at radius 2 is 1.71 bits per heavy atom. The smallest absolute Gasteiger partial charge is 0.423 e. The van der Waals surface area contributed by atoms with Crippen LogP contribution in [0.1, 0.15) is 75.6 Å². The molecule has 266 valence electrons. The number of likely N-dealkylation sites (tertiary alicyclic amines) is 1. The van der Waals surface area contributed by atoms with Gasteiger partial charge in [-0.25, -0.2) is 9.18 Å². The van der Waals surface area contributed by atoms with Crippen LogP contribution in [0.25, 0.3) is 11.1 Å². The fraction of sp³-hybridized carbons (Fsp3) is 0.294. The third kappa shape index (κ3) is 6.56. The second-order valence-electron chi connectivity index (χ2n) is 12.9. The van der Waals surface area contributed by atoms with Gasteiger partial charge in [0.15, 0.2) is 0 Å². The first kappa shape index (κ1) is 35.0. The predicted octanol–water partition coefficient (Wildman–Crippen LogP) is -0.514. The Labute approximate surface area is 296 Å². The van der Waals surface area contributed by atoms with Crippen molar-refractivity contribution in [3.8, 4) is 11.1 Å². The van der Waals surface area contributed by atoms with Crippen LogP contribution in [0.15, 0.2) is 48.5 Å². The first-order valence-corrected chi connectivity index (χ1v) is 16.6. The van der Waals surface area contributed by atoms with Gasteiger partial charge in [-0.05, 0) is 88.0 Å². The average Bonchev–Trinajstić information content (AvgIpc) is 3.92. The van der Waals surface area contributed by atoms with Crippen LogP contribution in [0.3, 0.4) is 0 Å². The van der Waals surface area contributed by atoms with Crippen LogP contribution >= 0.6 is 0 Å². The summed E-state index contributed by atoms with van der Waals surface area (Å²) < 4.78 is 25.1. The van der Waals surface area contributed by atoms with Crippen molar-refractivity contribution in [2.24, 2.45) is 5.73 Å². The van der Waals surface area contributed by atoms with Gasteiger partial charge in [0.25, 0.3) is 17.7 Å². The lowest BCUT2D eigenvalue weighted by molar-refractivity contribution is -0.197. The van der Waals surface area contributed by atoms with Gasteiger partial charge in [-0.3, -0.25) is 24.0 Å². The zero-order valence-corrected chi connectivity index (χ0v) is 27.5. The van der Waals surface area contributed by atoms with E-state index in [2.05, 4.69) is 5.32 Å². The molecule has 3 aromatic rings. The second kappa shape index (κ2) is 14.0. The van der Waals surface area contributed by atoms with Gasteiger partial charge in [0.2, 0.25) is 11.8 Å². The number of benzene rings is 3. The molecule has 4 heterocycles. The van der Waals surface area contributed by atoms with Crippen molar-refractivity contribution in [3.63, 3.8) is 0 Å². The van der Waals surface area contributed by atoms with Crippen LogP contribution in [0.4, 0.5) is 4.39 Å². The molecule has 15 nitrogen and oxygen atoms in total. The minimum absolute atomic E-state index is 0.0343. The maximum atomic E-state index is 14.5. The van der Waals surface area contributed by atoms with E-state index in [0.29, 0.717) is 44.7 Å². The van der Waals surface area contributed by atoms with Gasteiger partial charge in [0.1, 0.15) is 11.9 Å².